The Morgan fingerprint density at radius 2 is 2.10 bits per heavy atom. The normalized spacial score (nSPS) is 13.8. The second-order valence-corrected chi connectivity index (χ2v) is 4.85. The second kappa shape index (κ2) is 6.38. The molecule has 108 valence electrons. The fourth-order valence-corrected chi connectivity index (χ4v) is 2.07. The van der Waals surface area contributed by atoms with Crippen LogP contribution in [0.15, 0.2) is 24.3 Å². The van der Waals surface area contributed by atoms with Crippen molar-refractivity contribution in [3.8, 4) is 0 Å². The van der Waals surface area contributed by atoms with Gasteiger partial charge in [0.1, 0.15) is 0 Å². The molecule has 0 atom stereocenters. The van der Waals surface area contributed by atoms with E-state index in [4.69, 9.17) is 10.2 Å². The minimum atomic E-state index is -0.909. The number of nitrogens with one attached hydrogen (secondary N) is 1. The third kappa shape index (κ3) is 3.96. The number of rotatable bonds is 6. The van der Waals surface area contributed by atoms with Gasteiger partial charge in [-0.1, -0.05) is 12.1 Å². The molecule has 0 unspecified atom stereocenters. The van der Waals surface area contributed by atoms with Gasteiger partial charge in [0.15, 0.2) is 0 Å². The number of aliphatic hydroxyl groups is 1. The average Bonchev–Trinajstić information content (AvgIpc) is 3.19. The molecule has 2 amide bonds. The van der Waals surface area contributed by atoms with Crippen LogP contribution in [0.25, 0.3) is 0 Å². The van der Waals surface area contributed by atoms with E-state index in [0.29, 0.717) is 17.8 Å². The summed E-state index contributed by atoms with van der Waals surface area (Å²) in [6.45, 7) is 0.244. The van der Waals surface area contributed by atoms with Gasteiger partial charge in [0, 0.05) is 18.3 Å². The van der Waals surface area contributed by atoms with Gasteiger partial charge in [0.2, 0.25) is 0 Å². The van der Waals surface area contributed by atoms with E-state index in [-0.39, 0.29) is 25.1 Å². The lowest BCUT2D eigenvalue weighted by Gasteiger charge is -2.21. The monoisotopic (exact) mass is 278 g/mol. The van der Waals surface area contributed by atoms with E-state index >= 15 is 0 Å². The minimum Gasteiger partial charge on any atom is -0.481 e. The Bertz CT molecular complexity index is 500. The first-order chi connectivity index (χ1) is 9.60. The highest BCUT2D eigenvalue weighted by molar-refractivity contribution is 5.90. The second-order valence-electron chi connectivity index (χ2n) is 4.85. The Hall–Kier alpha value is -2.08. The molecule has 1 aromatic carbocycles. The fourth-order valence-electron chi connectivity index (χ4n) is 2.07. The Kier molecular flexibility index (Phi) is 4.57. The van der Waals surface area contributed by atoms with Crippen molar-refractivity contribution < 1.29 is 19.8 Å². The van der Waals surface area contributed by atoms with Crippen molar-refractivity contribution >= 4 is 17.7 Å². The van der Waals surface area contributed by atoms with E-state index in [1.54, 1.807) is 29.2 Å². The number of aliphatic carboxylic acids is 1. The lowest BCUT2D eigenvalue weighted by Crippen LogP contribution is -2.38. The molecule has 1 fully saturated rings. The van der Waals surface area contributed by atoms with Crippen LogP contribution in [0.3, 0.4) is 0 Å². The van der Waals surface area contributed by atoms with Crippen molar-refractivity contribution in [3.63, 3.8) is 0 Å². The van der Waals surface area contributed by atoms with Crippen LogP contribution in [0.1, 0.15) is 18.4 Å². The zero-order valence-corrected chi connectivity index (χ0v) is 11.1. The summed E-state index contributed by atoms with van der Waals surface area (Å²) >= 11 is 0. The van der Waals surface area contributed by atoms with Crippen LogP contribution in [0.5, 0.6) is 0 Å². The van der Waals surface area contributed by atoms with E-state index in [1.165, 1.54) is 0 Å². The molecule has 6 nitrogen and oxygen atoms in total. The van der Waals surface area contributed by atoms with Crippen LogP contribution >= 0.6 is 0 Å². The van der Waals surface area contributed by atoms with Gasteiger partial charge in [0.05, 0.1) is 13.0 Å². The van der Waals surface area contributed by atoms with Crippen LogP contribution in [0.4, 0.5) is 10.5 Å². The summed E-state index contributed by atoms with van der Waals surface area (Å²) in [4.78, 5) is 24.4. The summed E-state index contributed by atoms with van der Waals surface area (Å²) in [7, 11) is 0. The number of hydrogen-bond acceptors (Lipinski definition) is 3. The summed E-state index contributed by atoms with van der Waals surface area (Å²) in [5.74, 6) is -0.909. The topological polar surface area (TPSA) is 89.9 Å². The highest BCUT2D eigenvalue weighted by Crippen LogP contribution is 2.27. The molecule has 6 heteroatoms. The Labute approximate surface area is 117 Å². The number of carbonyl (C=O) groups is 2. The van der Waals surface area contributed by atoms with Gasteiger partial charge in [-0.3, -0.25) is 4.79 Å². The van der Waals surface area contributed by atoms with Gasteiger partial charge < -0.3 is 20.4 Å². The summed E-state index contributed by atoms with van der Waals surface area (Å²) in [5.41, 5.74) is 1.20. The van der Waals surface area contributed by atoms with Crippen molar-refractivity contribution in [2.75, 3.05) is 18.5 Å². The van der Waals surface area contributed by atoms with Gasteiger partial charge in [-0.25, -0.2) is 4.79 Å². The van der Waals surface area contributed by atoms with E-state index in [0.717, 1.165) is 12.8 Å². The Morgan fingerprint density at radius 1 is 1.35 bits per heavy atom. The predicted octanol–water partition coefficient (Wildman–Crippen LogP) is 1.30. The van der Waals surface area contributed by atoms with E-state index in [1.807, 2.05) is 0 Å². The van der Waals surface area contributed by atoms with E-state index < -0.39 is 5.97 Å². The molecule has 1 aromatic rings. The molecular weight excluding hydrogens is 260 g/mol. The molecule has 2 rings (SSSR count). The third-order valence-electron chi connectivity index (χ3n) is 3.12. The SMILES string of the molecule is O=C(O)Cc1cccc(NC(=O)N(CCO)C2CC2)c1. The lowest BCUT2D eigenvalue weighted by atomic mass is 10.1. The molecule has 0 aromatic heterocycles. The van der Waals surface area contributed by atoms with Gasteiger partial charge in [-0.2, -0.15) is 0 Å². The van der Waals surface area contributed by atoms with Crippen molar-refractivity contribution in [1.82, 2.24) is 4.90 Å². The lowest BCUT2D eigenvalue weighted by molar-refractivity contribution is -0.136. The number of anilines is 1. The summed E-state index contributed by atoms with van der Waals surface area (Å²) in [6.07, 6.45) is 1.85. The summed E-state index contributed by atoms with van der Waals surface area (Å²) in [5, 5.41) is 20.5. The largest absolute Gasteiger partial charge is 0.481 e. The smallest absolute Gasteiger partial charge is 0.322 e. The molecule has 0 radical (unpaired) electrons. The average molecular weight is 278 g/mol. The van der Waals surface area contributed by atoms with Crippen LogP contribution in [-0.4, -0.2) is 46.3 Å². The van der Waals surface area contributed by atoms with Crippen LogP contribution < -0.4 is 5.32 Å². The van der Waals surface area contributed by atoms with Crippen molar-refractivity contribution in [2.45, 2.75) is 25.3 Å². The van der Waals surface area contributed by atoms with Gasteiger partial charge in [-0.15, -0.1) is 0 Å². The first-order valence-corrected chi connectivity index (χ1v) is 6.59. The van der Waals surface area contributed by atoms with Crippen LogP contribution in [0.2, 0.25) is 0 Å². The molecule has 0 bridgehead atoms. The minimum absolute atomic E-state index is 0.0665. The maximum Gasteiger partial charge on any atom is 0.322 e. The molecule has 0 heterocycles. The molecule has 0 saturated heterocycles. The number of aliphatic hydroxyl groups excluding tert-OH is 1. The zero-order valence-electron chi connectivity index (χ0n) is 11.1. The maximum atomic E-state index is 12.1. The van der Waals surface area contributed by atoms with Crippen LogP contribution in [-0.2, 0) is 11.2 Å². The maximum absolute atomic E-state index is 12.1. The molecule has 1 aliphatic rings. The first-order valence-electron chi connectivity index (χ1n) is 6.59. The number of urea groups is 1. The number of carboxylic acid groups (broad SMARTS) is 1. The number of benzene rings is 1. The first kappa shape index (κ1) is 14.3. The Balaban J connectivity index is 2.00. The summed E-state index contributed by atoms with van der Waals surface area (Å²) in [6, 6.07) is 6.74. The quantitative estimate of drug-likeness (QED) is 0.731. The zero-order chi connectivity index (χ0) is 14.5. The van der Waals surface area contributed by atoms with Gasteiger partial charge in [-0.05, 0) is 30.5 Å². The number of hydrogen-bond donors (Lipinski definition) is 3. The van der Waals surface area contributed by atoms with Crippen molar-refractivity contribution in [1.29, 1.82) is 0 Å². The molecule has 1 aliphatic carbocycles. The number of carboxylic acids is 1. The van der Waals surface area contributed by atoms with Gasteiger partial charge >= 0.3 is 12.0 Å². The number of carbonyl (C=O) groups excluding carboxylic acids is 1. The Morgan fingerprint density at radius 3 is 2.70 bits per heavy atom. The van der Waals surface area contributed by atoms with Gasteiger partial charge in [0.25, 0.3) is 0 Å². The molecule has 0 spiro atoms. The molecule has 3 N–H and O–H groups in total. The highest BCUT2D eigenvalue weighted by atomic mass is 16.4. The summed E-state index contributed by atoms with van der Waals surface area (Å²) < 4.78 is 0. The fraction of sp³-hybridized carbons (Fsp3) is 0.429. The standard InChI is InChI=1S/C14H18N2O4/c17-7-6-16(12-4-5-12)14(20)15-11-3-1-2-10(8-11)9-13(18)19/h1-3,8,12,17H,4-7,9H2,(H,15,20)(H,18,19). The third-order valence-corrected chi connectivity index (χ3v) is 3.12. The van der Waals surface area contributed by atoms with Crippen molar-refractivity contribution in [3.05, 3.63) is 29.8 Å². The predicted molar refractivity (Wildman–Crippen MR) is 73.6 cm³/mol. The van der Waals surface area contributed by atoms with Crippen molar-refractivity contribution in [2.24, 2.45) is 0 Å². The molecular formula is C14H18N2O4. The molecule has 0 aliphatic heterocycles. The van der Waals surface area contributed by atoms with Crippen LogP contribution in [0, 0.1) is 0 Å². The highest BCUT2D eigenvalue weighted by Gasteiger charge is 2.32. The molecule has 1 saturated carbocycles. The van der Waals surface area contributed by atoms with E-state index in [9.17, 15) is 9.59 Å². The number of amides is 2. The molecule has 20 heavy (non-hydrogen) atoms. The number of nitrogens with zero attached hydrogens (tertiary/aromatic N) is 1. The van der Waals surface area contributed by atoms with E-state index in [2.05, 4.69) is 5.32 Å².